The van der Waals surface area contributed by atoms with Crippen LogP contribution in [0, 0.1) is 0 Å². The molecule has 0 saturated carbocycles. The molecule has 0 atom stereocenters. The molecule has 15 N–H and O–H groups in total. The Bertz CT molecular complexity index is 561. The quantitative estimate of drug-likeness (QED) is 0.161. The van der Waals surface area contributed by atoms with Crippen molar-refractivity contribution >= 4 is 45.6 Å². The summed E-state index contributed by atoms with van der Waals surface area (Å²) in [5, 5.41) is 0. The highest BCUT2D eigenvalue weighted by molar-refractivity contribution is 7.70. The van der Waals surface area contributed by atoms with Crippen molar-refractivity contribution in [2.45, 2.75) is 0 Å². The number of hydrogen-bond acceptors (Lipinski definition) is 7. The molecule has 0 radical (unpaired) electrons. The van der Waals surface area contributed by atoms with Crippen molar-refractivity contribution in [2.75, 3.05) is 17.7 Å². The minimum Gasteiger partial charge on any atom is -0.344 e. The average molecular weight is 545 g/mol. The SMILES string of the molecule is N.O=P(O)(O)CP(=O)(O)O.O=P(O)(O)CP(=O)(O)O.O=P(O)(O)CP(=O)(O)O. The molecular formula is C3H21NO18P6. The molecule has 0 fully saturated rings. The average Bonchev–Trinajstić information content (AvgIpc) is 1.96. The lowest BCUT2D eigenvalue weighted by atomic mass is 11.9. The van der Waals surface area contributed by atoms with Crippen LogP contribution in [0.25, 0.3) is 0 Å². The molecule has 0 saturated heterocycles. The molecule has 19 nitrogen and oxygen atoms in total. The van der Waals surface area contributed by atoms with Crippen LogP contribution in [0.4, 0.5) is 0 Å². The smallest absolute Gasteiger partial charge is 0.337 e. The lowest BCUT2D eigenvalue weighted by Crippen LogP contribution is -1.88. The van der Waals surface area contributed by atoms with Crippen LogP contribution in [0.3, 0.4) is 0 Å². The van der Waals surface area contributed by atoms with Crippen LogP contribution in [0.1, 0.15) is 0 Å². The first-order valence-electron chi connectivity index (χ1n) is 5.39. The van der Waals surface area contributed by atoms with E-state index in [4.69, 9.17) is 58.7 Å². The lowest BCUT2D eigenvalue weighted by Gasteiger charge is -2.03. The second-order valence-corrected chi connectivity index (χ2v) is 15.8. The Morgan fingerprint density at radius 3 is 0.393 bits per heavy atom. The molecule has 0 heterocycles. The first-order chi connectivity index (χ1) is 11.1. The Kier molecular flexibility index (Phi) is 16.4. The van der Waals surface area contributed by atoms with Gasteiger partial charge in [0.15, 0.2) is 17.7 Å². The summed E-state index contributed by atoms with van der Waals surface area (Å²) >= 11 is 0. The van der Waals surface area contributed by atoms with E-state index in [-0.39, 0.29) is 6.15 Å². The van der Waals surface area contributed by atoms with E-state index < -0.39 is 63.3 Å². The van der Waals surface area contributed by atoms with Gasteiger partial charge in [-0.25, -0.2) is 0 Å². The summed E-state index contributed by atoms with van der Waals surface area (Å²) in [5.74, 6) is -4.12. The molecule has 0 amide bonds. The molecule has 176 valence electrons. The zero-order valence-electron chi connectivity index (χ0n) is 13.3. The summed E-state index contributed by atoms with van der Waals surface area (Å²) in [6, 6.07) is 0. The fourth-order valence-electron chi connectivity index (χ4n) is 0.720. The van der Waals surface area contributed by atoms with Gasteiger partial charge in [-0.1, -0.05) is 0 Å². The second-order valence-electron chi connectivity index (χ2n) is 4.41. The van der Waals surface area contributed by atoms with Crippen LogP contribution in [-0.2, 0) is 27.4 Å². The van der Waals surface area contributed by atoms with Gasteiger partial charge >= 0.3 is 45.6 Å². The number of rotatable bonds is 6. The van der Waals surface area contributed by atoms with E-state index in [2.05, 4.69) is 0 Å². The topological polar surface area (TPSA) is 380 Å². The monoisotopic (exact) mass is 545 g/mol. The van der Waals surface area contributed by atoms with Crippen LogP contribution in [0.2, 0.25) is 0 Å². The summed E-state index contributed by atoms with van der Waals surface area (Å²) in [4.78, 5) is 95.7. The molecular weight excluding hydrogens is 524 g/mol. The Hall–Kier alpha value is 0.860. The van der Waals surface area contributed by atoms with Crippen molar-refractivity contribution in [3.05, 3.63) is 0 Å². The Morgan fingerprint density at radius 2 is 0.393 bits per heavy atom. The fraction of sp³-hybridized carbons (Fsp3) is 1.00. The van der Waals surface area contributed by atoms with Crippen molar-refractivity contribution in [1.82, 2.24) is 6.15 Å². The zero-order chi connectivity index (χ0) is 23.1. The fourth-order valence-corrected chi connectivity index (χ4v) is 6.48. The molecule has 0 rings (SSSR count). The van der Waals surface area contributed by atoms with Gasteiger partial charge in [-0.2, -0.15) is 0 Å². The van der Waals surface area contributed by atoms with E-state index in [1.165, 1.54) is 0 Å². The Labute approximate surface area is 156 Å². The van der Waals surface area contributed by atoms with Crippen LogP contribution in [0.5, 0.6) is 0 Å². The van der Waals surface area contributed by atoms with Crippen molar-refractivity contribution < 1.29 is 86.1 Å². The van der Waals surface area contributed by atoms with Crippen LogP contribution < -0.4 is 6.15 Å². The summed E-state index contributed by atoms with van der Waals surface area (Å²) < 4.78 is 59.1. The third kappa shape index (κ3) is 50.5. The highest BCUT2D eigenvalue weighted by atomic mass is 31.2. The second kappa shape index (κ2) is 12.7. The predicted molar refractivity (Wildman–Crippen MR) is 91.9 cm³/mol. The molecule has 0 aromatic rings. The highest BCUT2D eigenvalue weighted by Gasteiger charge is 2.28. The molecule has 28 heavy (non-hydrogen) atoms. The molecule has 0 aliphatic rings. The summed E-state index contributed by atoms with van der Waals surface area (Å²) in [7, 11) is -27.3. The van der Waals surface area contributed by atoms with Crippen LogP contribution in [-0.4, -0.2) is 76.4 Å². The van der Waals surface area contributed by atoms with Crippen molar-refractivity contribution in [3.63, 3.8) is 0 Å². The maximum absolute atomic E-state index is 9.85. The van der Waals surface area contributed by atoms with E-state index >= 15 is 0 Å². The van der Waals surface area contributed by atoms with Crippen molar-refractivity contribution in [2.24, 2.45) is 0 Å². The molecule has 0 aliphatic carbocycles. The minimum absolute atomic E-state index is 0. The first kappa shape index (κ1) is 36.2. The van der Waals surface area contributed by atoms with E-state index in [0.29, 0.717) is 0 Å². The third-order valence-corrected chi connectivity index (χ3v) is 9.95. The first-order valence-corrected chi connectivity index (χ1v) is 16.2. The normalized spacial score (nSPS) is 13.3. The molecule has 25 heteroatoms. The number of hydrogen-bond donors (Lipinski definition) is 13. The van der Waals surface area contributed by atoms with Gasteiger partial charge in [0, 0.05) is 0 Å². The van der Waals surface area contributed by atoms with Gasteiger partial charge in [0.05, 0.1) is 0 Å². The maximum Gasteiger partial charge on any atom is 0.337 e. The van der Waals surface area contributed by atoms with Gasteiger partial charge in [-0.05, 0) is 0 Å². The molecule has 0 aromatic heterocycles. The molecule has 0 spiro atoms. The Morgan fingerprint density at radius 1 is 0.321 bits per heavy atom. The van der Waals surface area contributed by atoms with E-state index in [1.807, 2.05) is 0 Å². The van der Waals surface area contributed by atoms with Crippen LogP contribution >= 0.6 is 45.6 Å². The van der Waals surface area contributed by atoms with Gasteiger partial charge in [0.25, 0.3) is 0 Å². The third-order valence-electron chi connectivity index (χ3n) is 1.11. The lowest BCUT2D eigenvalue weighted by molar-refractivity contribution is 0.352. The standard InChI is InChI=1S/3CH6O6P2.H3N/c3*2-8(3,4)1-9(5,6)7;/h3*1H2,(H2,2,3,4)(H2,5,6,7);1H3. The minimum atomic E-state index is -4.55. The Balaban J connectivity index is -0.000000152. The van der Waals surface area contributed by atoms with Gasteiger partial charge in [-0.3, -0.25) is 27.4 Å². The predicted octanol–water partition coefficient (Wildman–Crippen LogP) is -1.94. The molecule has 0 unspecified atom stereocenters. The van der Waals surface area contributed by atoms with Gasteiger partial charge in [0.1, 0.15) is 0 Å². The van der Waals surface area contributed by atoms with Crippen LogP contribution in [0.15, 0.2) is 0 Å². The van der Waals surface area contributed by atoms with E-state index in [1.54, 1.807) is 0 Å². The van der Waals surface area contributed by atoms with E-state index in [0.717, 1.165) is 0 Å². The summed E-state index contributed by atoms with van der Waals surface area (Å²) in [6.45, 7) is 0. The van der Waals surface area contributed by atoms with Gasteiger partial charge < -0.3 is 64.9 Å². The molecule has 0 aromatic carbocycles. The van der Waals surface area contributed by atoms with Gasteiger partial charge in [0.2, 0.25) is 0 Å². The largest absolute Gasteiger partial charge is 0.344 e. The summed E-state index contributed by atoms with van der Waals surface area (Å²) in [5.41, 5.74) is 0. The van der Waals surface area contributed by atoms with Crippen molar-refractivity contribution in [1.29, 1.82) is 0 Å². The van der Waals surface area contributed by atoms with Crippen molar-refractivity contribution in [3.8, 4) is 0 Å². The zero-order valence-corrected chi connectivity index (χ0v) is 18.7. The molecule has 0 bridgehead atoms. The van der Waals surface area contributed by atoms with Gasteiger partial charge in [-0.15, -0.1) is 0 Å². The molecule has 0 aliphatic heterocycles. The van der Waals surface area contributed by atoms with E-state index in [9.17, 15) is 27.4 Å². The highest BCUT2D eigenvalue weighted by Crippen LogP contribution is 2.52. The maximum atomic E-state index is 9.85. The summed E-state index contributed by atoms with van der Waals surface area (Å²) in [6.07, 6.45) is 0.